The van der Waals surface area contributed by atoms with E-state index >= 15 is 0 Å². The van der Waals surface area contributed by atoms with E-state index in [2.05, 4.69) is 58.5 Å². The van der Waals surface area contributed by atoms with Gasteiger partial charge in [0.1, 0.15) is 0 Å². The number of anilines is 1. The molecular weight excluding hydrogens is 300 g/mol. The predicted molar refractivity (Wildman–Crippen MR) is 97.3 cm³/mol. The van der Waals surface area contributed by atoms with Gasteiger partial charge in [-0.2, -0.15) is 5.10 Å². The molecule has 3 rings (SSSR count). The highest BCUT2D eigenvalue weighted by Gasteiger charge is 2.20. The molecular formula is C19H28N4O. The lowest BCUT2D eigenvalue weighted by Crippen LogP contribution is -2.42. The first-order valence-electron chi connectivity index (χ1n) is 8.74. The third-order valence-corrected chi connectivity index (χ3v) is 4.97. The molecule has 130 valence electrons. The maximum Gasteiger partial charge on any atom is 0.0878 e. The summed E-state index contributed by atoms with van der Waals surface area (Å²) in [6.07, 6.45) is 2.34. The number of nitrogens with one attached hydrogen (secondary N) is 2. The third-order valence-electron chi connectivity index (χ3n) is 4.97. The zero-order chi connectivity index (χ0) is 16.9. The van der Waals surface area contributed by atoms with Crippen molar-refractivity contribution in [1.29, 1.82) is 0 Å². The lowest BCUT2D eigenvalue weighted by molar-refractivity contribution is 0.181. The first-order chi connectivity index (χ1) is 11.7. The molecule has 1 aliphatic heterocycles. The Morgan fingerprint density at radius 2 is 2.08 bits per heavy atom. The van der Waals surface area contributed by atoms with Gasteiger partial charge in [0.05, 0.1) is 18.0 Å². The molecule has 5 heteroatoms. The lowest BCUT2D eigenvalue weighted by Gasteiger charge is -2.35. The van der Waals surface area contributed by atoms with Crippen LogP contribution in [0.15, 0.2) is 24.3 Å². The van der Waals surface area contributed by atoms with Crippen molar-refractivity contribution in [3.63, 3.8) is 0 Å². The van der Waals surface area contributed by atoms with Crippen LogP contribution in [0.3, 0.4) is 0 Å². The molecule has 0 aliphatic carbocycles. The molecule has 0 saturated carbocycles. The van der Waals surface area contributed by atoms with Crippen LogP contribution in [0, 0.1) is 13.8 Å². The Balaban J connectivity index is 1.49. The van der Waals surface area contributed by atoms with Crippen LogP contribution in [-0.4, -0.2) is 36.4 Å². The minimum absolute atomic E-state index is 0.564. The van der Waals surface area contributed by atoms with E-state index in [-0.39, 0.29) is 0 Å². The van der Waals surface area contributed by atoms with Crippen LogP contribution in [0.5, 0.6) is 0 Å². The van der Waals surface area contributed by atoms with Crippen LogP contribution in [0.4, 0.5) is 5.69 Å². The summed E-state index contributed by atoms with van der Waals surface area (Å²) >= 11 is 0. The number of methoxy groups -OCH3 is 1. The second-order valence-corrected chi connectivity index (χ2v) is 6.68. The van der Waals surface area contributed by atoms with Gasteiger partial charge in [-0.15, -0.1) is 0 Å². The molecule has 2 heterocycles. The topological polar surface area (TPSA) is 53.2 Å². The molecule has 5 nitrogen and oxygen atoms in total. The highest BCUT2D eigenvalue weighted by atomic mass is 16.5. The maximum absolute atomic E-state index is 5.11. The summed E-state index contributed by atoms with van der Waals surface area (Å²) < 4.78 is 5.11. The summed E-state index contributed by atoms with van der Waals surface area (Å²) in [6.45, 7) is 8.03. The van der Waals surface area contributed by atoms with Gasteiger partial charge in [-0.3, -0.25) is 5.10 Å². The summed E-state index contributed by atoms with van der Waals surface area (Å²) in [5.74, 6) is 0. The normalized spacial score (nSPS) is 15.9. The van der Waals surface area contributed by atoms with Crippen molar-refractivity contribution >= 4 is 5.69 Å². The van der Waals surface area contributed by atoms with Crippen molar-refractivity contribution in [3.05, 3.63) is 46.8 Å². The second-order valence-electron chi connectivity index (χ2n) is 6.68. The van der Waals surface area contributed by atoms with Crippen molar-refractivity contribution in [1.82, 2.24) is 15.5 Å². The van der Waals surface area contributed by atoms with Crippen molar-refractivity contribution in [3.8, 4) is 0 Å². The fourth-order valence-electron chi connectivity index (χ4n) is 3.38. The van der Waals surface area contributed by atoms with Gasteiger partial charge in [-0.1, -0.05) is 12.1 Å². The van der Waals surface area contributed by atoms with E-state index in [4.69, 9.17) is 4.74 Å². The quantitative estimate of drug-likeness (QED) is 0.856. The third kappa shape index (κ3) is 3.97. The number of rotatable bonds is 6. The molecule has 1 aliphatic rings. The SMILES string of the molecule is COCc1cc(CNC2CCN(c3cccc(C)c3C)CC2)n[nH]1. The Labute approximate surface area is 144 Å². The van der Waals surface area contributed by atoms with Gasteiger partial charge in [0.15, 0.2) is 0 Å². The van der Waals surface area contributed by atoms with E-state index in [1.165, 1.54) is 29.7 Å². The zero-order valence-corrected chi connectivity index (χ0v) is 14.9. The Morgan fingerprint density at radius 3 is 2.83 bits per heavy atom. The largest absolute Gasteiger partial charge is 0.378 e. The highest BCUT2D eigenvalue weighted by Crippen LogP contribution is 2.25. The highest BCUT2D eigenvalue weighted by molar-refractivity contribution is 5.56. The molecule has 2 N–H and O–H groups in total. The number of nitrogens with zero attached hydrogens (tertiary/aromatic N) is 2. The Morgan fingerprint density at radius 1 is 1.29 bits per heavy atom. The van der Waals surface area contributed by atoms with E-state index in [0.717, 1.165) is 31.0 Å². The monoisotopic (exact) mass is 328 g/mol. The lowest BCUT2D eigenvalue weighted by atomic mass is 10.0. The molecule has 0 bridgehead atoms. The maximum atomic E-state index is 5.11. The number of aromatic nitrogens is 2. The summed E-state index contributed by atoms with van der Waals surface area (Å²) in [5.41, 5.74) is 6.26. The molecule has 1 aromatic heterocycles. The molecule has 1 aromatic carbocycles. The van der Waals surface area contributed by atoms with E-state index in [1.54, 1.807) is 7.11 Å². The van der Waals surface area contributed by atoms with Crippen LogP contribution in [0.1, 0.15) is 35.4 Å². The molecule has 0 amide bonds. The summed E-state index contributed by atoms with van der Waals surface area (Å²) in [5, 5.41) is 11.0. The minimum Gasteiger partial charge on any atom is -0.378 e. The number of hydrogen-bond donors (Lipinski definition) is 2. The first-order valence-corrected chi connectivity index (χ1v) is 8.74. The van der Waals surface area contributed by atoms with Gasteiger partial charge in [-0.05, 0) is 49.9 Å². The van der Waals surface area contributed by atoms with Crippen molar-refractivity contribution in [2.45, 2.75) is 45.9 Å². The van der Waals surface area contributed by atoms with Crippen LogP contribution in [0.2, 0.25) is 0 Å². The van der Waals surface area contributed by atoms with Crippen LogP contribution < -0.4 is 10.2 Å². The summed E-state index contributed by atoms with van der Waals surface area (Å²) in [4.78, 5) is 2.52. The molecule has 0 spiro atoms. The fraction of sp³-hybridized carbons (Fsp3) is 0.526. The number of piperidine rings is 1. The number of H-pyrrole nitrogens is 1. The van der Waals surface area contributed by atoms with E-state index < -0.39 is 0 Å². The van der Waals surface area contributed by atoms with Crippen molar-refractivity contribution < 1.29 is 4.74 Å². The molecule has 2 aromatic rings. The summed E-state index contributed by atoms with van der Waals surface area (Å²) in [7, 11) is 1.70. The van der Waals surface area contributed by atoms with E-state index in [9.17, 15) is 0 Å². The standard InChI is InChI=1S/C19H28N4O/c1-14-5-4-6-19(15(14)2)23-9-7-16(8-10-23)20-12-17-11-18(13-24-3)22-21-17/h4-6,11,16,20H,7-10,12-13H2,1-3H3,(H,21,22). The number of aromatic amines is 1. The smallest absolute Gasteiger partial charge is 0.0878 e. The number of aryl methyl sites for hydroxylation is 1. The van der Waals surface area contributed by atoms with Gasteiger partial charge >= 0.3 is 0 Å². The minimum atomic E-state index is 0.564. The van der Waals surface area contributed by atoms with Gasteiger partial charge in [0.25, 0.3) is 0 Å². The average molecular weight is 328 g/mol. The van der Waals surface area contributed by atoms with Crippen LogP contribution in [0.25, 0.3) is 0 Å². The molecule has 0 radical (unpaired) electrons. The Kier molecular flexibility index (Phi) is 5.53. The molecule has 0 atom stereocenters. The van der Waals surface area contributed by atoms with Crippen LogP contribution in [-0.2, 0) is 17.9 Å². The second kappa shape index (κ2) is 7.81. The molecule has 24 heavy (non-hydrogen) atoms. The van der Waals surface area contributed by atoms with Crippen molar-refractivity contribution in [2.24, 2.45) is 0 Å². The molecule has 1 saturated heterocycles. The van der Waals surface area contributed by atoms with Gasteiger partial charge in [-0.25, -0.2) is 0 Å². The first kappa shape index (κ1) is 17.0. The van der Waals surface area contributed by atoms with Gasteiger partial charge in [0.2, 0.25) is 0 Å². The van der Waals surface area contributed by atoms with Crippen LogP contribution >= 0.6 is 0 Å². The Bertz CT molecular complexity index is 659. The molecule has 0 unspecified atom stereocenters. The van der Waals surface area contributed by atoms with E-state index in [0.29, 0.717) is 12.6 Å². The molecule has 1 fully saturated rings. The fourth-order valence-corrected chi connectivity index (χ4v) is 3.38. The Hall–Kier alpha value is -1.85. The van der Waals surface area contributed by atoms with Gasteiger partial charge < -0.3 is 15.0 Å². The number of hydrogen-bond acceptors (Lipinski definition) is 4. The number of benzene rings is 1. The van der Waals surface area contributed by atoms with E-state index in [1.807, 2.05) is 0 Å². The number of ether oxygens (including phenoxy) is 1. The summed E-state index contributed by atoms with van der Waals surface area (Å²) in [6, 6.07) is 9.24. The average Bonchev–Trinajstić information content (AvgIpc) is 3.04. The zero-order valence-electron chi connectivity index (χ0n) is 14.9. The predicted octanol–water partition coefficient (Wildman–Crippen LogP) is 2.93. The van der Waals surface area contributed by atoms with Gasteiger partial charge in [0, 0.05) is 38.5 Å². The van der Waals surface area contributed by atoms with Crippen molar-refractivity contribution in [2.75, 3.05) is 25.1 Å².